The predicted octanol–water partition coefficient (Wildman–Crippen LogP) is 8.76. The minimum atomic E-state index is -1.62. The van der Waals surface area contributed by atoms with Crippen LogP contribution in [0.3, 0.4) is 0 Å². The van der Waals surface area contributed by atoms with Gasteiger partial charge in [-0.1, -0.05) is 60.9 Å². The highest BCUT2D eigenvalue weighted by molar-refractivity contribution is 6.41. The van der Waals surface area contributed by atoms with Crippen LogP contribution in [-0.2, 0) is 14.4 Å². The lowest BCUT2D eigenvalue weighted by molar-refractivity contribution is -0.177. The van der Waals surface area contributed by atoms with Gasteiger partial charge in [-0.15, -0.1) is 0 Å². The summed E-state index contributed by atoms with van der Waals surface area (Å²) in [5.74, 6) is -3.61. The summed E-state index contributed by atoms with van der Waals surface area (Å²) in [6.45, 7) is 21.9. The molecule has 4 atom stereocenters. The molecule has 2 aliphatic carbocycles. The summed E-state index contributed by atoms with van der Waals surface area (Å²) in [4.78, 5) is 44.9. The van der Waals surface area contributed by atoms with E-state index in [4.69, 9.17) is 0 Å². The van der Waals surface area contributed by atoms with Crippen molar-refractivity contribution < 1.29 is 29.7 Å². The Morgan fingerprint density at radius 3 is 2.02 bits per heavy atom. The SMILES string of the molecule is C=C(C)[C@@H](CC=C(C)C)C[C@@]12C[C@H](CC=C(C)C)C(C)(C)[C@@](CC=C(C)C)(C(=O)/C(=C(\O)c3ccc(O)c(O)c3)C1=O)C2=O. The molecule has 0 aromatic heterocycles. The van der Waals surface area contributed by atoms with Gasteiger partial charge in [-0.05, 0) is 116 Å². The first kappa shape index (κ1) is 34.8. The standard InChI is InChI=1S/C38H50O6/c1-22(2)11-13-27(25(7)8)20-37-21-28(15-12-23(3)4)36(9,10)38(35(37)44,18-17-24(5)6)34(43)31(33(37)42)32(41)26-14-16-29(39)30(40)19-26/h11-12,14,16-17,19,27-28,39-41H,7,13,15,18,20-21H2,1-6,8-10H3/b32-31-/t27-,28-,37+,38-/m0/s1. The lowest BCUT2D eigenvalue weighted by atomic mass is 9.38. The van der Waals surface area contributed by atoms with Crippen LogP contribution in [0.5, 0.6) is 11.5 Å². The van der Waals surface area contributed by atoms with E-state index in [-0.39, 0.29) is 42.4 Å². The number of fused-ring (bicyclic) bond motifs is 2. The maximum atomic E-state index is 15.2. The smallest absolute Gasteiger partial charge is 0.184 e. The Morgan fingerprint density at radius 2 is 1.50 bits per heavy atom. The first-order chi connectivity index (χ1) is 20.3. The van der Waals surface area contributed by atoms with E-state index in [0.717, 1.165) is 28.4 Å². The van der Waals surface area contributed by atoms with Crippen molar-refractivity contribution in [1.29, 1.82) is 0 Å². The zero-order valence-corrected chi connectivity index (χ0v) is 27.9. The number of benzene rings is 1. The van der Waals surface area contributed by atoms with Crippen LogP contribution < -0.4 is 0 Å². The van der Waals surface area contributed by atoms with Crippen LogP contribution in [0, 0.1) is 28.1 Å². The van der Waals surface area contributed by atoms with Crippen molar-refractivity contribution in [2.24, 2.45) is 28.1 Å². The third-order valence-electron chi connectivity index (χ3n) is 10.0. The fourth-order valence-corrected chi connectivity index (χ4v) is 7.08. The van der Waals surface area contributed by atoms with Gasteiger partial charge in [0.1, 0.15) is 16.7 Å². The number of phenols is 2. The Balaban J connectivity index is 2.47. The minimum absolute atomic E-state index is 0.0110. The van der Waals surface area contributed by atoms with Crippen LogP contribution in [0.1, 0.15) is 100.0 Å². The van der Waals surface area contributed by atoms with E-state index < -0.39 is 50.6 Å². The molecular formula is C38H50O6. The molecule has 1 aromatic rings. The molecule has 1 aromatic carbocycles. The summed E-state index contributed by atoms with van der Waals surface area (Å²) in [5, 5.41) is 31.7. The summed E-state index contributed by atoms with van der Waals surface area (Å²) >= 11 is 0. The van der Waals surface area contributed by atoms with Gasteiger partial charge in [-0.3, -0.25) is 14.4 Å². The van der Waals surface area contributed by atoms with E-state index in [2.05, 4.69) is 18.7 Å². The van der Waals surface area contributed by atoms with E-state index in [1.807, 2.05) is 68.4 Å². The summed E-state index contributed by atoms with van der Waals surface area (Å²) in [5.41, 5.74) is -0.453. The number of Topliss-reactive ketones (excluding diaryl/α,β-unsaturated/α-hetero) is 3. The Bertz CT molecular complexity index is 1490. The summed E-state index contributed by atoms with van der Waals surface area (Å²) in [6.07, 6.45) is 7.79. The van der Waals surface area contributed by atoms with Crippen LogP contribution in [0.15, 0.2) is 70.9 Å². The van der Waals surface area contributed by atoms with Crippen molar-refractivity contribution in [1.82, 2.24) is 0 Å². The summed E-state index contributed by atoms with van der Waals surface area (Å²) in [7, 11) is 0. The molecule has 0 heterocycles. The molecule has 0 aliphatic heterocycles. The maximum Gasteiger partial charge on any atom is 0.184 e. The number of hydrogen-bond acceptors (Lipinski definition) is 6. The Labute approximate surface area is 263 Å². The van der Waals surface area contributed by atoms with E-state index in [9.17, 15) is 24.9 Å². The van der Waals surface area contributed by atoms with E-state index in [0.29, 0.717) is 12.8 Å². The first-order valence-electron chi connectivity index (χ1n) is 15.5. The number of aliphatic hydroxyl groups is 1. The molecule has 2 saturated carbocycles. The highest BCUT2D eigenvalue weighted by Crippen LogP contribution is 2.66. The van der Waals surface area contributed by atoms with Crippen molar-refractivity contribution >= 4 is 23.1 Å². The predicted molar refractivity (Wildman–Crippen MR) is 176 cm³/mol. The third kappa shape index (κ3) is 6.00. The van der Waals surface area contributed by atoms with E-state index in [1.165, 1.54) is 12.1 Å². The number of aromatic hydroxyl groups is 2. The monoisotopic (exact) mass is 602 g/mol. The van der Waals surface area contributed by atoms with Gasteiger partial charge in [0.2, 0.25) is 0 Å². The number of hydrogen-bond donors (Lipinski definition) is 3. The second kappa shape index (κ2) is 12.7. The molecule has 0 amide bonds. The summed E-state index contributed by atoms with van der Waals surface area (Å²) in [6, 6.07) is 3.65. The number of rotatable bonds is 10. The van der Waals surface area contributed by atoms with E-state index >= 15 is 4.79 Å². The zero-order chi connectivity index (χ0) is 33.4. The maximum absolute atomic E-state index is 15.2. The normalized spacial score (nSPS) is 26.0. The van der Waals surface area contributed by atoms with Gasteiger partial charge >= 0.3 is 0 Å². The molecule has 2 bridgehead atoms. The second-order valence-electron chi connectivity index (χ2n) is 14.3. The Morgan fingerprint density at radius 1 is 0.909 bits per heavy atom. The molecule has 3 rings (SSSR count). The van der Waals surface area contributed by atoms with Crippen LogP contribution in [0.25, 0.3) is 5.76 Å². The number of carbonyl (C=O) groups excluding carboxylic acids is 3. The largest absolute Gasteiger partial charge is 0.506 e. The Hall–Kier alpha value is -3.67. The molecule has 6 nitrogen and oxygen atoms in total. The van der Waals surface area contributed by atoms with Crippen LogP contribution in [0.2, 0.25) is 0 Å². The summed E-state index contributed by atoms with van der Waals surface area (Å²) < 4.78 is 0. The molecule has 2 fully saturated rings. The van der Waals surface area contributed by atoms with Crippen molar-refractivity contribution in [3.05, 3.63) is 76.4 Å². The fraction of sp³-hybridized carbons (Fsp3) is 0.500. The molecule has 2 aliphatic rings. The fourth-order valence-electron chi connectivity index (χ4n) is 7.08. The van der Waals surface area contributed by atoms with Crippen LogP contribution >= 0.6 is 0 Å². The van der Waals surface area contributed by atoms with Gasteiger partial charge in [0.05, 0.1) is 5.41 Å². The number of phenolic OH excluding ortho intramolecular Hbond substituents is 2. The van der Waals surface area contributed by atoms with Gasteiger partial charge in [0.25, 0.3) is 0 Å². The van der Waals surface area contributed by atoms with Gasteiger partial charge in [0, 0.05) is 5.56 Å². The zero-order valence-electron chi connectivity index (χ0n) is 27.9. The quantitative estimate of drug-likeness (QED) is 0.0616. The van der Waals surface area contributed by atoms with Crippen molar-refractivity contribution in [2.45, 2.75) is 94.4 Å². The molecule has 0 saturated heterocycles. The molecule has 0 spiro atoms. The number of aliphatic hydroxyl groups excluding tert-OH is 1. The molecular weight excluding hydrogens is 552 g/mol. The van der Waals surface area contributed by atoms with Crippen LogP contribution in [0.4, 0.5) is 0 Å². The van der Waals surface area contributed by atoms with E-state index in [1.54, 1.807) is 0 Å². The topological polar surface area (TPSA) is 112 Å². The molecule has 44 heavy (non-hydrogen) atoms. The number of allylic oxidation sites excluding steroid dienone is 8. The third-order valence-corrected chi connectivity index (χ3v) is 10.0. The van der Waals surface area contributed by atoms with Gasteiger partial charge < -0.3 is 15.3 Å². The molecule has 6 heteroatoms. The van der Waals surface area contributed by atoms with Crippen molar-refractivity contribution in [3.8, 4) is 11.5 Å². The highest BCUT2D eigenvalue weighted by atomic mass is 16.3. The molecule has 3 N–H and O–H groups in total. The van der Waals surface area contributed by atoms with Crippen molar-refractivity contribution in [3.63, 3.8) is 0 Å². The van der Waals surface area contributed by atoms with Crippen molar-refractivity contribution in [2.75, 3.05) is 0 Å². The highest BCUT2D eigenvalue weighted by Gasteiger charge is 2.74. The first-order valence-corrected chi connectivity index (χ1v) is 15.5. The average molecular weight is 603 g/mol. The minimum Gasteiger partial charge on any atom is -0.506 e. The average Bonchev–Trinajstić information content (AvgIpc) is 2.91. The molecule has 0 radical (unpaired) electrons. The van der Waals surface area contributed by atoms with Crippen LogP contribution in [-0.4, -0.2) is 32.7 Å². The number of ketones is 3. The lowest BCUT2D eigenvalue weighted by Gasteiger charge is -2.60. The van der Waals surface area contributed by atoms with Gasteiger partial charge in [-0.25, -0.2) is 0 Å². The van der Waals surface area contributed by atoms with Gasteiger partial charge in [0.15, 0.2) is 28.8 Å². The second-order valence-corrected chi connectivity index (χ2v) is 14.3. The number of carbonyl (C=O) groups is 3. The molecule has 0 unspecified atom stereocenters. The van der Waals surface area contributed by atoms with Gasteiger partial charge in [-0.2, -0.15) is 0 Å². The lowest BCUT2D eigenvalue weighted by Crippen LogP contribution is -2.69. The molecule has 238 valence electrons. The Kier molecular flexibility index (Phi) is 10.1.